The standard InChI is InChI=1S/C14H24N4O/c1-3-15-14-9-16-13(8-17-14)10-18-6-4-12(5-7-18)11(2)19/h8-9,11-12,19H,3-7,10H2,1-2H3,(H,15,17). The summed E-state index contributed by atoms with van der Waals surface area (Å²) in [5, 5.41) is 12.7. The lowest BCUT2D eigenvalue weighted by Crippen LogP contribution is -2.36. The Labute approximate surface area is 115 Å². The van der Waals surface area contributed by atoms with Crippen LogP contribution in [0.4, 0.5) is 5.82 Å². The summed E-state index contributed by atoms with van der Waals surface area (Å²) in [4.78, 5) is 11.2. The largest absolute Gasteiger partial charge is 0.393 e. The fourth-order valence-electron chi connectivity index (χ4n) is 2.53. The second-order valence-electron chi connectivity index (χ2n) is 5.28. The van der Waals surface area contributed by atoms with E-state index in [1.54, 1.807) is 6.20 Å². The number of piperidine rings is 1. The zero-order valence-electron chi connectivity index (χ0n) is 11.8. The highest BCUT2D eigenvalue weighted by Crippen LogP contribution is 2.21. The number of hydrogen-bond acceptors (Lipinski definition) is 5. The first-order valence-electron chi connectivity index (χ1n) is 7.14. The average Bonchev–Trinajstić information content (AvgIpc) is 2.42. The summed E-state index contributed by atoms with van der Waals surface area (Å²) in [6, 6.07) is 0. The van der Waals surface area contributed by atoms with Crippen molar-refractivity contribution in [3.63, 3.8) is 0 Å². The Morgan fingerprint density at radius 1 is 1.37 bits per heavy atom. The van der Waals surface area contributed by atoms with Crippen LogP contribution in [0.25, 0.3) is 0 Å². The number of nitrogens with zero attached hydrogens (tertiary/aromatic N) is 3. The molecule has 0 aromatic carbocycles. The number of aliphatic hydroxyl groups is 1. The minimum atomic E-state index is -0.179. The SMILES string of the molecule is CCNc1cnc(CN2CCC(C(C)O)CC2)cn1. The van der Waals surface area contributed by atoms with Crippen LogP contribution in [0.1, 0.15) is 32.4 Å². The molecule has 1 saturated heterocycles. The van der Waals surface area contributed by atoms with Gasteiger partial charge in [0.2, 0.25) is 0 Å². The van der Waals surface area contributed by atoms with Crippen molar-refractivity contribution in [1.82, 2.24) is 14.9 Å². The number of rotatable bonds is 5. The molecule has 106 valence electrons. The van der Waals surface area contributed by atoms with Crippen molar-refractivity contribution in [3.05, 3.63) is 18.1 Å². The Morgan fingerprint density at radius 2 is 2.11 bits per heavy atom. The van der Waals surface area contributed by atoms with Gasteiger partial charge in [-0.2, -0.15) is 0 Å². The highest BCUT2D eigenvalue weighted by Gasteiger charge is 2.22. The van der Waals surface area contributed by atoms with Gasteiger partial charge >= 0.3 is 0 Å². The quantitative estimate of drug-likeness (QED) is 0.844. The van der Waals surface area contributed by atoms with E-state index in [1.165, 1.54) is 0 Å². The molecule has 1 unspecified atom stereocenters. The molecule has 1 aliphatic rings. The van der Waals surface area contributed by atoms with Crippen LogP contribution in [-0.4, -0.2) is 45.7 Å². The molecule has 5 nitrogen and oxygen atoms in total. The monoisotopic (exact) mass is 264 g/mol. The van der Waals surface area contributed by atoms with Crippen LogP contribution >= 0.6 is 0 Å². The number of aliphatic hydroxyl groups excluding tert-OH is 1. The molecule has 0 amide bonds. The first-order chi connectivity index (χ1) is 9.19. The number of likely N-dealkylation sites (tertiary alicyclic amines) is 1. The predicted molar refractivity (Wildman–Crippen MR) is 75.9 cm³/mol. The average molecular weight is 264 g/mol. The zero-order chi connectivity index (χ0) is 13.7. The molecule has 1 aliphatic heterocycles. The molecule has 5 heteroatoms. The molecular weight excluding hydrogens is 240 g/mol. The van der Waals surface area contributed by atoms with Crippen LogP contribution in [0.5, 0.6) is 0 Å². The van der Waals surface area contributed by atoms with Gasteiger partial charge in [0, 0.05) is 13.1 Å². The maximum absolute atomic E-state index is 9.59. The van der Waals surface area contributed by atoms with Crippen molar-refractivity contribution in [1.29, 1.82) is 0 Å². The molecule has 1 aromatic heterocycles. The van der Waals surface area contributed by atoms with Crippen molar-refractivity contribution in [3.8, 4) is 0 Å². The second-order valence-corrected chi connectivity index (χ2v) is 5.28. The lowest BCUT2D eigenvalue weighted by molar-refractivity contribution is 0.0691. The molecule has 1 atom stereocenters. The van der Waals surface area contributed by atoms with Crippen molar-refractivity contribution in [2.24, 2.45) is 5.92 Å². The summed E-state index contributed by atoms with van der Waals surface area (Å²) < 4.78 is 0. The van der Waals surface area contributed by atoms with E-state index in [9.17, 15) is 5.11 Å². The topological polar surface area (TPSA) is 61.3 Å². The van der Waals surface area contributed by atoms with Gasteiger partial charge in [0.15, 0.2) is 0 Å². The molecular formula is C14H24N4O. The van der Waals surface area contributed by atoms with Crippen LogP contribution in [-0.2, 0) is 6.54 Å². The van der Waals surface area contributed by atoms with Crippen molar-refractivity contribution < 1.29 is 5.11 Å². The third-order valence-electron chi connectivity index (χ3n) is 3.76. The van der Waals surface area contributed by atoms with Crippen molar-refractivity contribution in [2.75, 3.05) is 25.0 Å². The molecule has 1 aromatic rings. The Morgan fingerprint density at radius 3 is 2.63 bits per heavy atom. The van der Waals surface area contributed by atoms with E-state index in [4.69, 9.17) is 0 Å². The number of anilines is 1. The van der Waals surface area contributed by atoms with Crippen LogP contribution in [0, 0.1) is 5.92 Å². The lowest BCUT2D eigenvalue weighted by Gasteiger charge is -2.32. The van der Waals surface area contributed by atoms with Crippen LogP contribution < -0.4 is 5.32 Å². The Balaban J connectivity index is 1.82. The third-order valence-corrected chi connectivity index (χ3v) is 3.76. The lowest BCUT2D eigenvalue weighted by atomic mass is 9.92. The molecule has 0 saturated carbocycles. The van der Waals surface area contributed by atoms with Crippen molar-refractivity contribution in [2.45, 2.75) is 39.3 Å². The summed E-state index contributed by atoms with van der Waals surface area (Å²) in [5.41, 5.74) is 1.01. The molecule has 2 N–H and O–H groups in total. The Hall–Kier alpha value is -1.20. The van der Waals surface area contributed by atoms with Gasteiger partial charge in [0.1, 0.15) is 5.82 Å². The Kier molecular flexibility index (Phi) is 5.10. The molecule has 0 bridgehead atoms. The number of aromatic nitrogens is 2. The highest BCUT2D eigenvalue weighted by atomic mass is 16.3. The van der Waals surface area contributed by atoms with E-state index in [0.717, 1.165) is 50.5 Å². The van der Waals surface area contributed by atoms with Gasteiger partial charge in [-0.05, 0) is 45.7 Å². The van der Waals surface area contributed by atoms with E-state index in [0.29, 0.717) is 5.92 Å². The summed E-state index contributed by atoms with van der Waals surface area (Å²) >= 11 is 0. The fourth-order valence-corrected chi connectivity index (χ4v) is 2.53. The third kappa shape index (κ3) is 4.14. The highest BCUT2D eigenvalue weighted by molar-refractivity contribution is 5.30. The first-order valence-corrected chi connectivity index (χ1v) is 7.14. The molecule has 2 heterocycles. The van der Waals surface area contributed by atoms with Crippen molar-refractivity contribution >= 4 is 5.82 Å². The second kappa shape index (κ2) is 6.82. The maximum Gasteiger partial charge on any atom is 0.144 e. The summed E-state index contributed by atoms with van der Waals surface area (Å²) in [7, 11) is 0. The molecule has 0 spiro atoms. The van der Waals surface area contributed by atoms with Crippen LogP contribution in [0.3, 0.4) is 0 Å². The summed E-state index contributed by atoms with van der Waals surface area (Å²) in [5.74, 6) is 1.29. The van der Waals surface area contributed by atoms with Gasteiger partial charge in [-0.15, -0.1) is 0 Å². The summed E-state index contributed by atoms with van der Waals surface area (Å²) in [6.45, 7) is 7.72. The van der Waals surface area contributed by atoms with Gasteiger partial charge in [-0.25, -0.2) is 4.98 Å². The summed E-state index contributed by atoms with van der Waals surface area (Å²) in [6.07, 6.45) is 5.60. The van der Waals surface area contributed by atoms with E-state index < -0.39 is 0 Å². The van der Waals surface area contributed by atoms with Gasteiger partial charge in [-0.1, -0.05) is 0 Å². The Bertz CT molecular complexity index is 372. The normalized spacial score (nSPS) is 19.3. The fraction of sp³-hybridized carbons (Fsp3) is 0.714. The van der Waals surface area contributed by atoms with E-state index in [-0.39, 0.29) is 6.10 Å². The minimum Gasteiger partial charge on any atom is -0.393 e. The van der Waals surface area contributed by atoms with Gasteiger partial charge in [-0.3, -0.25) is 9.88 Å². The maximum atomic E-state index is 9.59. The first kappa shape index (κ1) is 14.2. The van der Waals surface area contributed by atoms with E-state index in [2.05, 4.69) is 20.2 Å². The van der Waals surface area contributed by atoms with E-state index in [1.807, 2.05) is 20.0 Å². The minimum absolute atomic E-state index is 0.179. The molecule has 1 fully saturated rings. The zero-order valence-corrected chi connectivity index (χ0v) is 11.8. The molecule has 0 radical (unpaired) electrons. The van der Waals surface area contributed by atoms with Gasteiger partial charge in [0.05, 0.1) is 24.2 Å². The van der Waals surface area contributed by atoms with Crippen LogP contribution in [0.15, 0.2) is 12.4 Å². The smallest absolute Gasteiger partial charge is 0.144 e. The van der Waals surface area contributed by atoms with Gasteiger partial charge in [0.25, 0.3) is 0 Å². The predicted octanol–water partition coefficient (Wildman–Crippen LogP) is 1.50. The van der Waals surface area contributed by atoms with Crippen LogP contribution in [0.2, 0.25) is 0 Å². The molecule has 2 rings (SSSR count). The molecule has 19 heavy (non-hydrogen) atoms. The number of nitrogens with one attached hydrogen (secondary N) is 1. The molecule has 0 aliphatic carbocycles. The van der Waals surface area contributed by atoms with Gasteiger partial charge < -0.3 is 10.4 Å². The number of hydrogen-bond donors (Lipinski definition) is 2. The van der Waals surface area contributed by atoms with E-state index >= 15 is 0 Å².